The highest BCUT2D eigenvalue weighted by molar-refractivity contribution is 5.96. The molecular formula is C20H30O12. The molecule has 0 atom stereocenters. The molecule has 0 saturated carbocycles. The van der Waals surface area contributed by atoms with Crippen LogP contribution < -0.4 is 0 Å². The Morgan fingerprint density at radius 2 is 1.03 bits per heavy atom. The molecule has 1 aromatic rings. The molecular weight excluding hydrogens is 432 g/mol. The van der Waals surface area contributed by atoms with Gasteiger partial charge >= 0.3 is 11.9 Å². The number of ether oxygens (including phenoxy) is 6. The van der Waals surface area contributed by atoms with Crippen LogP contribution in [0.15, 0.2) is 12.1 Å². The van der Waals surface area contributed by atoms with Crippen molar-refractivity contribution in [3.05, 3.63) is 34.4 Å². The number of carboxylic acids is 2. The maximum absolute atomic E-state index is 11.6. The molecule has 0 aromatic heterocycles. The summed E-state index contributed by atoms with van der Waals surface area (Å²) in [5.74, 6) is -2.41. The minimum atomic E-state index is -1.20. The first-order chi connectivity index (χ1) is 15.5. The summed E-state index contributed by atoms with van der Waals surface area (Å²) in [7, 11) is 0. The van der Waals surface area contributed by atoms with Crippen LogP contribution in [0, 0.1) is 0 Å². The number of aliphatic hydroxyl groups excluding tert-OH is 2. The molecule has 0 aliphatic carbocycles. The van der Waals surface area contributed by atoms with Gasteiger partial charge in [-0.2, -0.15) is 0 Å². The van der Waals surface area contributed by atoms with Gasteiger partial charge < -0.3 is 48.8 Å². The van der Waals surface area contributed by atoms with E-state index in [-0.39, 0.29) is 38.3 Å². The van der Waals surface area contributed by atoms with E-state index < -0.39 is 25.5 Å². The number of aromatic carboxylic acids is 2. The van der Waals surface area contributed by atoms with Gasteiger partial charge in [-0.1, -0.05) is 6.07 Å². The maximum Gasteiger partial charge on any atom is 0.335 e. The van der Waals surface area contributed by atoms with Crippen LogP contribution in [0.25, 0.3) is 0 Å². The lowest BCUT2D eigenvalue weighted by molar-refractivity contribution is -0.158. The summed E-state index contributed by atoms with van der Waals surface area (Å²) in [6, 6.07) is 2.78. The van der Waals surface area contributed by atoms with Gasteiger partial charge in [0.15, 0.2) is 13.6 Å². The lowest BCUT2D eigenvalue weighted by Crippen LogP contribution is -2.12. The highest BCUT2D eigenvalue weighted by atomic mass is 16.8. The van der Waals surface area contributed by atoms with Gasteiger partial charge in [0.25, 0.3) is 0 Å². The van der Waals surface area contributed by atoms with Crippen molar-refractivity contribution in [2.24, 2.45) is 0 Å². The van der Waals surface area contributed by atoms with E-state index in [2.05, 4.69) is 9.47 Å². The van der Waals surface area contributed by atoms with Crippen molar-refractivity contribution < 1.29 is 58.4 Å². The second kappa shape index (κ2) is 17.4. The first-order valence-electron chi connectivity index (χ1n) is 9.81. The first-order valence-corrected chi connectivity index (χ1v) is 9.81. The Kier molecular flexibility index (Phi) is 15.2. The second-order valence-corrected chi connectivity index (χ2v) is 6.35. The minimum absolute atomic E-state index is 0.0369. The van der Waals surface area contributed by atoms with Gasteiger partial charge in [-0.3, -0.25) is 0 Å². The van der Waals surface area contributed by atoms with E-state index in [1.165, 1.54) is 6.07 Å². The van der Waals surface area contributed by atoms with Crippen molar-refractivity contribution in [2.75, 3.05) is 54.0 Å². The number of rotatable bonds is 20. The largest absolute Gasteiger partial charge is 0.478 e. The monoisotopic (exact) mass is 462 g/mol. The molecule has 0 heterocycles. The molecule has 12 heteroatoms. The van der Waals surface area contributed by atoms with Crippen LogP contribution >= 0.6 is 0 Å². The van der Waals surface area contributed by atoms with Crippen LogP contribution in [0.4, 0.5) is 0 Å². The average Bonchev–Trinajstić information content (AvgIpc) is 2.77. The van der Waals surface area contributed by atoms with E-state index in [9.17, 15) is 19.8 Å². The zero-order chi connectivity index (χ0) is 23.6. The number of carboxylic acid groups (broad SMARTS) is 2. The molecule has 0 unspecified atom stereocenters. The van der Waals surface area contributed by atoms with Crippen LogP contribution in [0.1, 0.15) is 44.7 Å². The Morgan fingerprint density at radius 3 is 1.41 bits per heavy atom. The van der Waals surface area contributed by atoms with Crippen LogP contribution in [0.5, 0.6) is 0 Å². The van der Waals surface area contributed by atoms with E-state index >= 15 is 0 Å². The quantitative estimate of drug-likeness (QED) is 0.159. The Labute approximate surface area is 185 Å². The Hall–Kier alpha value is -2.16. The molecule has 0 amide bonds. The van der Waals surface area contributed by atoms with E-state index in [1.54, 1.807) is 6.07 Å². The topological polar surface area (TPSA) is 170 Å². The van der Waals surface area contributed by atoms with Crippen molar-refractivity contribution >= 4 is 11.9 Å². The van der Waals surface area contributed by atoms with E-state index in [0.29, 0.717) is 50.0 Å². The van der Waals surface area contributed by atoms with E-state index in [0.717, 1.165) is 0 Å². The molecule has 182 valence electrons. The SMILES string of the molecule is O=C(O)c1cc(C(=O)O)c(CCCOCOCOCO)cc1CCCOCOCOCO. The summed E-state index contributed by atoms with van der Waals surface area (Å²) in [5.41, 5.74) is 0.895. The van der Waals surface area contributed by atoms with Gasteiger partial charge in [0.2, 0.25) is 0 Å². The third kappa shape index (κ3) is 11.5. The normalized spacial score (nSPS) is 11.1. The molecule has 32 heavy (non-hydrogen) atoms. The third-order valence-electron chi connectivity index (χ3n) is 4.11. The van der Waals surface area contributed by atoms with Gasteiger partial charge in [-0.05, 0) is 42.9 Å². The molecule has 0 bridgehead atoms. The van der Waals surface area contributed by atoms with Gasteiger partial charge in [0, 0.05) is 13.2 Å². The molecule has 0 spiro atoms. The standard InChI is InChI=1S/C20H30O12/c21-9-29-13-31-11-27-5-1-3-15-7-16(4-2-6-28-12-32-14-30-10-22)18(20(25)26)8-17(15)19(23)24/h7-8,21-22H,1-6,9-14H2,(H,23,24)(H,25,26). The zero-order valence-electron chi connectivity index (χ0n) is 17.7. The van der Waals surface area contributed by atoms with Crippen LogP contribution in [-0.4, -0.2) is 86.3 Å². The van der Waals surface area contributed by atoms with Crippen molar-refractivity contribution in [1.29, 1.82) is 0 Å². The number of carbonyl (C=O) groups is 2. The van der Waals surface area contributed by atoms with Crippen LogP contribution in [0.2, 0.25) is 0 Å². The van der Waals surface area contributed by atoms with E-state index in [4.69, 9.17) is 29.2 Å². The predicted molar refractivity (Wildman–Crippen MR) is 107 cm³/mol. The molecule has 1 rings (SSSR count). The molecule has 0 radical (unpaired) electrons. The number of benzene rings is 1. The number of hydrogen-bond acceptors (Lipinski definition) is 10. The summed E-state index contributed by atoms with van der Waals surface area (Å²) in [5, 5.41) is 35.9. The summed E-state index contributed by atoms with van der Waals surface area (Å²) >= 11 is 0. The van der Waals surface area contributed by atoms with Gasteiger partial charge in [0.1, 0.15) is 27.2 Å². The smallest absolute Gasteiger partial charge is 0.335 e. The Morgan fingerprint density at radius 1 is 0.625 bits per heavy atom. The lowest BCUT2D eigenvalue weighted by Gasteiger charge is -2.13. The number of aliphatic hydroxyl groups is 2. The molecule has 0 aliphatic heterocycles. The molecule has 0 fully saturated rings. The third-order valence-corrected chi connectivity index (χ3v) is 4.11. The highest BCUT2D eigenvalue weighted by Gasteiger charge is 2.18. The molecule has 1 aromatic carbocycles. The number of aryl methyl sites for hydroxylation is 2. The first kappa shape index (κ1) is 27.9. The minimum Gasteiger partial charge on any atom is -0.478 e. The molecule has 0 aliphatic rings. The van der Waals surface area contributed by atoms with Crippen molar-refractivity contribution in [1.82, 2.24) is 0 Å². The maximum atomic E-state index is 11.6. The fourth-order valence-corrected chi connectivity index (χ4v) is 2.73. The Balaban J connectivity index is 2.62. The second-order valence-electron chi connectivity index (χ2n) is 6.35. The van der Waals surface area contributed by atoms with Crippen molar-refractivity contribution in [2.45, 2.75) is 25.7 Å². The average molecular weight is 462 g/mol. The molecule has 4 N–H and O–H groups in total. The summed E-state index contributed by atoms with van der Waals surface area (Å²) in [6.45, 7) is -0.601. The van der Waals surface area contributed by atoms with Crippen LogP contribution in [-0.2, 0) is 41.3 Å². The van der Waals surface area contributed by atoms with Gasteiger partial charge in [0.05, 0.1) is 11.1 Å². The summed E-state index contributed by atoms with van der Waals surface area (Å²) in [4.78, 5) is 23.2. The van der Waals surface area contributed by atoms with Crippen molar-refractivity contribution in [3.8, 4) is 0 Å². The fourth-order valence-electron chi connectivity index (χ4n) is 2.73. The summed E-state index contributed by atoms with van der Waals surface area (Å²) < 4.78 is 29.5. The Bertz CT molecular complexity index is 626. The highest BCUT2D eigenvalue weighted by Crippen LogP contribution is 2.21. The predicted octanol–water partition coefficient (Wildman–Crippen LogP) is 0.777. The van der Waals surface area contributed by atoms with E-state index in [1.807, 2.05) is 0 Å². The van der Waals surface area contributed by atoms with Crippen molar-refractivity contribution in [3.63, 3.8) is 0 Å². The fraction of sp³-hybridized carbons (Fsp3) is 0.600. The van der Waals surface area contributed by atoms with Crippen LogP contribution in [0.3, 0.4) is 0 Å². The zero-order valence-corrected chi connectivity index (χ0v) is 17.7. The van der Waals surface area contributed by atoms with Gasteiger partial charge in [-0.15, -0.1) is 0 Å². The molecule has 0 saturated heterocycles. The number of hydrogen-bond donors (Lipinski definition) is 4. The molecule has 12 nitrogen and oxygen atoms in total. The van der Waals surface area contributed by atoms with Gasteiger partial charge in [-0.25, -0.2) is 9.59 Å². The lowest BCUT2D eigenvalue weighted by atomic mass is 9.93. The summed E-state index contributed by atoms with van der Waals surface area (Å²) in [6.07, 6.45) is 1.73.